The summed E-state index contributed by atoms with van der Waals surface area (Å²) < 4.78 is 0. The molecule has 1 aliphatic heterocycles. The first-order valence-electron chi connectivity index (χ1n) is 6.99. The Morgan fingerprint density at radius 1 is 1.42 bits per heavy atom. The molecule has 1 aromatic carbocycles. The molecule has 19 heavy (non-hydrogen) atoms. The van der Waals surface area contributed by atoms with Gasteiger partial charge in [0.05, 0.1) is 16.8 Å². The minimum absolute atomic E-state index is 0.470. The van der Waals surface area contributed by atoms with E-state index in [-0.39, 0.29) is 0 Å². The quantitative estimate of drug-likeness (QED) is 0.923. The van der Waals surface area contributed by atoms with E-state index in [4.69, 9.17) is 11.6 Å². The summed E-state index contributed by atoms with van der Waals surface area (Å²) in [5.41, 5.74) is 1.95. The van der Waals surface area contributed by atoms with Crippen LogP contribution in [0.3, 0.4) is 0 Å². The first-order valence-corrected chi connectivity index (χ1v) is 7.37. The molecule has 2 rings (SSSR count). The lowest BCUT2D eigenvalue weighted by atomic mass is 10.1. The second-order valence-corrected chi connectivity index (χ2v) is 5.72. The highest BCUT2D eigenvalue weighted by atomic mass is 35.5. The van der Waals surface area contributed by atoms with E-state index < -0.39 is 6.10 Å². The van der Waals surface area contributed by atoms with Crippen LogP contribution in [0, 0.1) is 0 Å². The monoisotopic (exact) mass is 282 g/mol. The lowest BCUT2D eigenvalue weighted by Gasteiger charge is -2.40. The maximum atomic E-state index is 9.58. The molecule has 1 aromatic rings. The van der Waals surface area contributed by atoms with Crippen LogP contribution >= 0.6 is 11.6 Å². The zero-order valence-electron chi connectivity index (χ0n) is 11.9. The molecule has 2 atom stereocenters. The van der Waals surface area contributed by atoms with Gasteiger partial charge >= 0.3 is 0 Å². The number of anilines is 1. The van der Waals surface area contributed by atoms with Crippen molar-refractivity contribution < 1.29 is 5.11 Å². The summed E-state index contributed by atoms with van der Waals surface area (Å²) in [6.45, 7) is 10.4. The lowest BCUT2D eigenvalue weighted by Crippen LogP contribution is -2.51. The maximum absolute atomic E-state index is 9.58. The molecule has 0 amide bonds. The molecule has 0 saturated carbocycles. The zero-order chi connectivity index (χ0) is 14.0. The van der Waals surface area contributed by atoms with Gasteiger partial charge in [0.15, 0.2) is 0 Å². The van der Waals surface area contributed by atoms with E-state index in [1.54, 1.807) is 6.92 Å². The first kappa shape index (κ1) is 14.6. The van der Waals surface area contributed by atoms with Crippen LogP contribution in [0.25, 0.3) is 0 Å². The van der Waals surface area contributed by atoms with E-state index in [1.165, 1.54) is 0 Å². The Balaban J connectivity index is 2.15. The fourth-order valence-electron chi connectivity index (χ4n) is 2.72. The molecular formula is C15H23ClN2O. The van der Waals surface area contributed by atoms with E-state index in [2.05, 4.69) is 23.6 Å². The van der Waals surface area contributed by atoms with Gasteiger partial charge in [-0.3, -0.25) is 4.90 Å². The topological polar surface area (TPSA) is 26.7 Å². The predicted molar refractivity (Wildman–Crippen MR) is 81.0 cm³/mol. The van der Waals surface area contributed by atoms with Crippen LogP contribution in [-0.4, -0.2) is 42.2 Å². The van der Waals surface area contributed by atoms with Gasteiger partial charge in [0, 0.05) is 25.7 Å². The molecule has 1 aliphatic rings. The Hall–Kier alpha value is -0.770. The van der Waals surface area contributed by atoms with Crippen LogP contribution in [0.15, 0.2) is 18.2 Å². The average molecular weight is 283 g/mol. The maximum Gasteiger partial charge on any atom is 0.0762 e. The molecule has 3 nitrogen and oxygen atoms in total. The van der Waals surface area contributed by atoms with Crippen molar-refractivity contribution in [2.45, 2.75) is 32.9 Å². The summed E-state index contributed by atoms with van der Waals surface area (Å²) in [6, 6.07) is 6.41. The molecule has 4 heteroatoms. The highest BCUT2D eigenvalue weighted by Gasteiger charge is 2.23. The number of benzene rings is 1. The third-order valence-corrected chi connectivity index (χ3v) is 4.27. The SMILES string of the molecule is CCN1CCN(c2ccc(C(C)O)cc2Cl)CC1C. The normalized spacial score (nSPS) is 22.6. The number of aliphatic hydroxyl groups is 1. The molecule has 0 bridgehead atoms. The van der Waals surface area contributed by atoms with Crippen molar-refractivity contribution in [1.82, 2.24) is 4.90 Å². The van der Waals surface area contributed by atoms with Gasteiger partial charge in [-0.2, -0.15) is 0 Å². The largest absolute Gasteiger partial charge is 0.389 e. The van der Waals surface area contributed by atoms with Crippen molar-refractivity contribution in [3.05, 3.63) is 28.8 Å². The Morgan fingerprint density at radius 3 is 2.68 bits per heavy atom. The van der Waals surface area contributed by atoms with Crippen molar-refractivity contribution in [2.75, 3.05) is 31.1 Å². The molecule has 1 heterocycles. The van der Waals surface area contributed by atoms with E-state index in [1.807, 2.05) is 18.2 Å². The van der Waals surface area contributed by atoms with Crippen LogP contribution in [0.1, 0.15) is 32.4 Å². The molecule has 0 aliphatic carbocycles. The Kier molecular flexibility index (Phi) is 4.71. The average Bonchev–Trinajstić information content (AvgIpc) is 2.38. The van der Waals surface area contributed by atoms with Crippen molar-refractivity contribution in [3.8, 4) is 0 Å². The number of nitrogens with zero attached hydrogens (tertiary/aromatic N) is 2. The molecule has 1 N–H and O–H groups in total. The van der Waals surface area contributed by atoms with Crippen molar-refractivity contribution >= 4 is 17.3 Å². The molecule has 0 radical (unpaired) electrons. The molecule has 1 saturated heterocycles. The van der Waals surface area contributed by atoms with Gasteiger partial charge < -0.3 is 10.0 Å². The molecule has 2 unspecified atom stereocenters. The second kappa shape index (κ2) is 6.12. The van der Waals surface area contributed by atoms with Gasteiger partial charge in [0.1, 0.15) is 0 Å². The van der Waals surface area contributed by atoms with Crippen molar-refractivity contribution in [3.63, 3.8) is 0 Å². The number of rotatable bonds is 3. The fourth-order valence-corrected chi connectivity index (χ4v) is 3.03. The smallest absolute Gasteiger partial charge is 0.0762 e. The lowest BCUT2D eigenvalue weighted by molar-refractivity contribution is 0.198. The number of likely N-dealkylation sites (N-methyl/N-ethyl adjacent to an activating group) is 1. The van der Waals surface area contributed by atoms with Gasteiger partial charge in [0.25, 0.3) is 0 Å². The summed E-state index contributed by atoms with van der Waals surface area (Å²) in [5, 5.41) is 10.3. The third kappa shape index (κ3) is 3.22. The minimum Gasteiger partial charge on any atom is -0.389 e. The summed E-state index contributed by atoms with van der Waals surface area (Å²) >= 11 is 6.36. The Morgan fingerprint density at radius 2 is 2.16 bits per heavy atom. The van der Waals surface area contributed by atoms with Gasteiger partial charge in [-0.25, -0.2) is 0 Å². The standard InChI is InChI=1S/C15H23ClN2O/c1-4-17-7-8-18(10-11(17)2)15-6-5-13(12(3)19)9-14(15)16/h5-6,9,11-12,19H,4,7-8,10H2,1-3H3. The van der Waals surface area contributed by atoms with E-state index in [0.717, 1.165) is 42.5 Å². The number of hydrogen-bond donors (Lipinski definition) is 1. The third-order valence-electron chi connectivity index (χ3n) is 3.97. The van der Waals surface area contributed by atoms with Gasteiger partial charge in [-0.05, 0) is 38.1 Å². The predicted octanol–water partition coefficient (Wildman–Crippen LogP) is 2.92. The first-order chi connectivity index (χ1) is 9.02. The minimum atomic E-state index is -0.470. The van der Waals surface area contributed by atoms with Crippen LogP contribution in [0.2, 0.25) is 5.02 Å². The highest BCUT2D eigenvalue weighted by molar-refractivity contribution is 6.33. The summed E-state index contributed by atoms with van der Waals surface area (Å²) in [5.74, 6) is 0. The fraction of sp³-hybridized carbons (Fsp3) is 0.600. The number of hydrogen-bond acceptors (Lipinski definition) is 3. The van der Waals surface area contributed by atoms with Crippen molar-refractivity contribution in [1.29, 1.82) is 0 Å². The molecular weight excluding hydrogens is 260 g/mol. The van der Waals surface area contributed by atoms with Gasteiger partial charge in [-0.1, -0.05) is 24.6 Å². The zero-order valence-corrected chi connectivity index (χ0v) is 12.7. The number of aliphatic hydroxyl groups excluding tert-OH is 1. The highest BCUT2D eigenvalue weighted by Crippen LogP contribution is 2.30. The van der Waals surface area contributed by atoms with Crippen LogP contribution < -0.4 is 4.90 Å². The van der Waals surface area contributed by atoms with Crippen LogP contribution in [0.4, 0.5) is 5.69 Å². The second-order valence-electron chi connectivity index (χ2n) is 5.31. The molecule has 106 valence electrons. The number of piperazine rings is 1. The summed E-state index contributed by atoms with van der Waals surface area (Å²) in [7, 11) is 0. The van der Waals surface area contributed by atoms with E-state index >= 15 is 0 Å². The molecule has 0 spiro atoms. The van der Waals surface area contributed by atoms with Crippen LogP contribution in [0.5, 0.6) is 0 Å². The van der Waals surface area contributed by atoms with Crippen molar-refractivity contribution in [2.24, 2.45) is 0 Å². The summed E-state index contributed by atoms with van der Waals surface area (Å²) in [4.78, 5) is 4.82. The number of halogens is 1. The van der Waals surface area contributed by atoms with Gasteiger partial charge in [0.2, 0.25) is 0 Å². The molecule has 0 aromatic heterocycles. The Labute approximate surface area is 120 Å². The van der Waals surface area contributed by atoms with E-state index in [0.29, 0.717) is 6.04 Å². The van der Waals surface area contributed by atoms with Gasteiger partial charge in [-0.15, -0.1) is 0 Å². The van der Waals surface area contributed by atoms with Crippen LogP contribution in [-0.2, 0) is 0 Å². The van der Waals surface area contributed by atoms with E-state index in [9.17, 15) is 5.11 Å². The Bertz CT molecular complexity index is 436. The summed E-state index contributed by atoms with van der Waals surface area (Å²) in [6.07, 6.45) is -0.470. The molecule has 1 fully saturated rings.